The summed E-state index contributed by atoms with van der Waals surface area (Å²) in [6, 6.07) is 8.05. The minimum Gasteiger partial charge on any atom is -0.508 e. The van der Waals surface area contributed by atoms with Crippen LogP contribution in [0.3, 0.4) is 0 Å². The maximum atomic E-state index is 13.2. The van der Waals surface area contributed by atoms with Crippen LogP contribution in [0.5, 0.6) is 5.75 Å². The van der Waals surface area contributed by atoms with E-state index >= 15 is 0 Å². The molecule has 0 aliphatic carbocycles. The van der Waals surface area contributed by atoms with Gasteiger partial charge in [-0.15, -0.1) is 0 Å². The van der Waals surface area contributed by atoms with E-state index < -0.39 is 17.9 Å². The van der Waals surface area contributed by atoms with Gasteiger partial charge in [-0.25, -0.2) is 9.98 Å². The van der Waals surface area contributed by atoms with Gasteiger partial charge in [0, 0.05) is 30.5 Å². The highest BCUT2D eigenvalue weighted by Gasteiger charge is 2.32. The Balaban J connectivity index is 1.65. The highest BCUT2D eigenvalue weighted by molar-refractivity contribution is 5.41. The summed E-state index contributed by atoms with van der Waals surface area (Å²) in [5.41, 5.74) is 1.10. The van der Waals surface area contributed by atoms with E-state index in [9.17, 15) is 18.3 Å². The van der Waals surface area contributed by atoms with Gasteiger partial charge in [0.25, 0.3) is 0 Å². The van der Waals surface area contributed by atoms with Gasteiger partial charge in [0.1, 0.15) is 23.1 Å². The molecular formula is C22H23F3N6O. The van der Waals surface area contributed by atoms with E-state index in [4.69, 9.17) is 0 Å². The van der Waals surface area contributed by atoms with E-state index in [1.165, 1.54) is 6.20 Å². The van der Waals surface area contributed by atoms with Crippen molar-refractivity contribution < 1.29 is 18.3 Å². The van der Waals surface area contributed by atoms with Crippen LogP contribution in [0.1, 0.15) is 42.7 Å². The van der Waals surface area contributed by atoms with Gasteiger partial charge in [-0.1, -0.05) is 12.1 Å². The van der Waals surface area contributed by atoms with Crippen LogP contribution in [0.15, 0.2) is 54.0 Å². The number of hydrogen-bond acceptors (Lipinski definition) is 6. The van der Waals surface area contributed by atoms with Crippen LogP contribution in [0.25, 0.3) is 5.82 Å². The van der Waals surface area contributed by atoms with Crippen molar-refractivity contribution in [1.82, 2.24) is 25.2 Å². The molecule has 1 unspecified atom stereocenters. The lowest BCUT2D eigenvalue weighted by molar-refractivity contribution is -0.137. The molecule has 0 radical (unpaired) electrons. The number of fused-ring (bicyclic) bond motifs is 1. The molecule has 1 aliphatic rings. The van der Waals surface area contributed by atoms with Crippen molar-refractivity contribution in [2.45, 2.75) is 38.7 Å². The molecule has 0 saturated heterocycles. The molecule has 0 spiro atoms. The number of hydrogen-bond donors (Lipinski definition) is 3. The number of aromatic hydroxyl groups is 1. The SMILES string of the molecule is CC(C)n1cnc2c1=NC(c1cncc(C(F)(F)F)c1)NC=2NCCc1ccc(O)cc1. The number of nitrogens with one attached hydrogen (secondary N) is 2. The summed E-state index contributed by atoms with van der Waals surface area (Å²) in [5, 5.41) is 16.5. The molecule has 7 nitrogen and oxygen atoms in total. The molecule has 1 atom stereocenters. The fourth-order valence-corrected chi connectivity index (χ4v) is 3.45. The number of imidazole rings is 1. The van der Waals surface area contributed by atoms with Gasteiger partial charge in [-0.2, -0.15) is 13.2 Å². The number of halogens is 3. The average molecular weight is 444 g/mol. The molecule has 0 bridgehead atoms. The highest BCUT2D eigenvalue weighted by Crippen LogP contribution is 2.30. The van der Waals surface area contributed by atoms with Crippen molar-refractivity contribution in [3.05, 3.63) is 76.6 Å². The summed E-state index contributed by atoms with van der Waals surface area (Å²) >= 11 is 0. The average Bonchev–Trinajstić information content (AvgIpc) is 3.19. The van der Waals surface area contributed by atoms with E-state index in [1.54, 1.807) is 18.5 Å². The Morgan fingerprint density at radius 2 is 1.94 bits per heavy atom. The molecular weight excluding hydrogens is 421 g/mol. The van der Waals surface area contributed by atoms with Gasteiger partial charge in [-0.05, 0) is 44.0 Å². The molecule has 3 N–H and O–H groups in total. The highest BCUT2D eigenvalue weighted by atomic mass is 19.4. The molecule has 1 aromatic carbocycles. The number of phenolic OH excluding ortho intramolecular Hbond substituents is 1. The smallest absolute Gasteiger partial charge is 0.417 e. The Bertz CT molecular complexity index is 1220. The molecule has 32 heavy (non-hydrogen) atoms. The van der Waals surface area contributed by atoms with Gasteiger partial charge < -0.3 is 20.3 Å². The summed E-state index contributed by atoms with van der Waals surface area (Å²) < 4.78 is 41.4. The maximum absolute atomic E-state index is 13.2. The predicted octanol–water partition coefficient (Wildman–Crippen LogP) is 2.40. The monoisotopic (exact) mass is 444 g/mol. The quantitative estimate of drug-likeness (QED) is 0.544. The molecule has 168 valence electrons. The van der Waals surface area contributed by atoms with Gasteiger partial charge in [0.05, 0.1) is 11.9 Å². The zero-order valence-corrected chi connectivity index (χ0v) is 17.6. The molecule has 1 aliphatic heterocycles. The molecule has 10 heteroatoms. The maximum Gasteiger partial charge on any atom is 0.417 e. The third-order valence-electron chi connectivity index (χ3n) is 5.15. The minimum atomic E-state index is -4.49. The number of nitrogens with zero attached hydrogens (tertiary/aromatic N) is 4. The standard InChI is InChI=1S/C22H23F3N6O/c1-13(2)31-12-28-18-20(27-8-7-14-3-5-17(32)6-4-14)29-19(30-21(18)31)15-9-16(11-26-10-15)22(23,24)25/h3-6,9-13,19,27,29,32H,7-8H2,1-2H3. The summed E-state index contributed by atoms with van der Waals surface area (Å²) in [5.74, 6) is 0.795. The Morgan fingerprint density at radius 3 is 2.62 bits per heavy atom. The Kier molecular flexibility index (Phi) is 5.77. The molecule has 2 aromatic heterocycles. The molecule has 4 rings (SSSR count). The zero-order chi connectivity index (χ0) is 22.9. The van der Waals surface area contributed by atoms with Crippen LogP contribution >= 0.6 is 0 Å². The second kappa shape index (κ2) is 8.52. The lowest BCUT2D eigenvalue weighted by Gasteiger charge is -2.23. The lowest BCUT2D eigenvalue weighted by Crippen LogP contribution is -2.47. The topological polar surface area (TPSA) is 87.4 Å². The van der Waals surface area contributed by atoms with Crippen LogP contribution < -0.4 is 21.5 Å². The number of phenols is 1. The van der Waals surface area contributed by atoms with Crippen LogP contribution in [0.4, 0.5) is 13.2 Å². The van der Waals surface area contributed by atoms with Gasteiger partial charge in [0.15, 0.2) is 5.49 Å². The second-order valence-electron chi connectivity index (χ2n) is 7.82. The molecule has 3 aromatic rings. The van der Waals surface area contributed by atoms with Gasteiger partial charge in [0.2, 0.25) is 0 Å². The van der Waals surface area contributed by atoms with Crippen LogP contribution in [0.2, 0.25) is 0 Å². The van der Waals surface area contributed by atoms with Crippen molar-refractivity contribution in [1.29, 1.82) is 0 Å². The fourth-order valence-electron chi connectivity index (χ4n) is 3.45. The van der Waals surface area contributed by atoms with E-state index in [-0.39, 0.29) is 11.8 Å². The van der Waals surface area contributed by atoms with Crippen molar-refractivity contribution in [2.75, 3.05) is 6.54 Å². The van der Waals surface area contributed by atoms with Gasteiger partial charge in [-0.3, -0.25) is 4.98 Å². The van der Waals surface area contributed by atoms with Crippen LogP contribution in [-0.2, 0) is 12.6 Å². The number of pyridine rings is 1. The number of aromatic nitrogens is 3. The first kappa shape index (κ1) is 21.7. The van der Waals surface area contributed by atoms with E-state index in [0.717, 1.165) is 17.8 Å². The molecule has 0 fully saturated rings. The molecule has 3 heterocycles. The Hall–Kier alpha value is -3.56. The first-order chi connectivity index (χ1) is 15.2. The number of benzene rings is 1. The molecule has 0 saturated carbocycles. The summed E-state index contributed by atoms with van der Waals surface area (Å²) in [6.07, 6.45) is -0.699. The second-order valence-corrected chi connectivity index (χ2v) is 7.82. The number of rotatable bonds is 6. The van der Waals surface area contributed by atoms with Crippen molar-refractivity contribution in [2.24, 2.45) is 4.99 Å². The summed E-state index contributed by atoms with van der Waals surface area (Å²) in [4.78, 5) is 12.9. The van der Waals surface area contributed by atoms with Crippen molar-refractivity contribution in [3.8, 4) is 5.75 Å². The van der Waals surface area contributed by atoms with E-state index in [0.29, 0.717) is 35.2 Å². The Labute approximate surface area is 182 Å². The lowest BCUT2D eigenvalue weighted by atomic mass is 10.1. The predicted molar refractivity (Wildman–Crippen MR) is 112 cm³/mol. The third kappa shape index (κ3) is 4.53. The fraction of sp³-hybridized carbons (Fsp3) is 0.318. The van der Waals surface area contributed by atoms with Gasteiger partial charge >= 0.3 is 6.18 Å². The van der Waals surface area contributed by atoms with E-state index in [1.807, 2.05) is 30.5 Å². The normalized spacial score (nSPS) is 15.8. The first-order valence-electron chi connectivity index (χ1n) is 10.2. The van der Waals surface area contributed by atoms with Crippen LogP contribution in [0, 0.1) is 0 Å². The summed E-state index contributed by atoms with van der Waals surface area (Å²) in [7, 11) is 0. The van der Waals surface area contributed by atoms with Crippen molar-refractivity contribution in [3.63, 3.8) is 0 Å². The zero-order valence-electron chi connectivity index (χ0n) is 17.6. The van der Waals surface area contributed by atoms with Crippen molar-refractivity contribution >= 4 is 5.82 Å². The minimum absolute atomic E-state index is 0.0756. The third-order valence-corrected chi connectivity index (χ3v) is 5.15. The van der Waals surface area contributed by atoms with Crippen LogP contribution in [-0.4, -0.2) is 26.2 Å². The summed E-state index contributed by atoms with van der Waals surface area (Å²) in [6.45, 7) is 4.52. The van der Waals surface area contributed by atoms with E-state index in [2.05, 4.69) is 25.6 Å². The molecule has 0 amide bonds. The first-order valence-corrected chi connectivity index (χ1v) is 10.2. The number of alkyl halides is 3. The largest absolute Gasteiger partial charge is 0.508 e. The Morgan fingerprint density at radius 1 is 1.19 bits per heavy atom.